The third-order valence-electron chi connectivity index (χ3n) is 9.26. The van der Waals surface area contributed by atoms with Gasteiger partial charge in [-0.25, -0.2) is 0 Å². The Kier molecular flexibility index (Phi) is 10.5. The van der Waals surface area contributed by atoms with Gasteiger partial charge in [0.1, 0.15) is 0 Å². The van der Waals surface area contributed by atoms with Crippen molar-refractivity contribution in [1.29, 1.82) is 0 Å². The van der Waals surface area contributed by atoms with Gasteiger partial charge in [0, 0.05) is 61.5 Å². The lowest BCUT2D eigenvalue weighted by atomic mass is 9.91. The van der Waals surface area contributed by atoms with Crippen molar-refractivity contribution in [3.05, 3.63) is 105 Å². The van der Waals surface area contributed by atoms with Gasteiger partial charge in [-0.1, -0.05) is 83.9 Å². The summed E-state index contributed by atoms with van der Waals surface area (Å²) >= 11 is 14.3. The van der Waals surface area contributed by atoms with E-state index in [1.807, 2.05) is 36.4 Å². The van der Waals surface area contributed by atoms with Crippen LogP contribution in [0.15, 0.2) is 72.8 Å². The number of fused-ring (bicyclic) bond motifs is 2. The molecule has 0 saturated heterocycles. The van der Waals surface area contributed by atoms with Crippen molar-refractivity contribution in [3.8, 4) is 33.4 Å². The molecule has 250 valence electrons. The lowest BCUT2D eigenvalue weighted by Crippen LogP contribution is -2.37. The first-order chi connectivity index (χ1) is 23.0. The Labute approximate surface area is 289 Å². The quantitative estimate of drug-likeness (QED) is 0.143. The van der Waals surface area contributed by atoms with Crippen molar-refractivity contribution >= 4 is 35.1 Å². The summed E-state index contributed by atoms with van der Waals surface area (Å²) in [5.74, 6) is -2.02. The molecule has 0 saturated carbocycles. The highest BCUT2D eigenvalue weighted by molar-refractivity contribution is 6.39. The fourth-order valence-electron chi connectivity index (χ4n) is 6.93. The zero-order chi connectivity index (χ0) is 33.9. The van der Waals surface area contributed by atoms with Gasteiger partial charge in [-0.05, 0) is 58.4 Å². The minimum atomic E-state index is -1.01. The SMILES string of the molecule is O=C(O)C[C@H](O)CN1CCc2ccc(-c3cccc(-c4cccc(-c5ccc6c(c5)CN(C[C@@H](O)CC(=O)O)CC6)c4Cl)c3Cl)cc2C1. The van der Waals surface area contributed by atoms with Crippen LogP contribution in [0.3, 0.4) is 0 Å². The van der Waals surface area contributed by atoms with E-state index in [1.54, 1.807) is 0 Å². The van der Waals surface area contributed by atoms with Crippen LogP contribution < -0.4 is 0 Å². The molecule has 4 N–H and O–H groups in total. The van der Waals surface area contributed by atoms with E-state index < -0.39 is 24.1 Å². The van der Waals surface area contributed by atoms with Gasteiger partial charge in [0.2, 0.25) is 0 Å². The average molecular weight is 690 g/mol. The van der Waals surface area contributed by atoms with Crippen LogP contribution in [-0.4, -0.2) is 80.6 Å². The van der Waals surface area contributed by atoms with Crippen LogP contribution >= 0.6 is 23.2 Å². The van der Waals surface area contributed by atoms with Gasteiger partial charge < -0.3 is 20.4 Å². The fraction of sp³-hybridized carbons (Fsp3) is 0.316. The summed E-state index contributed by atoms with van der Waals surface area (Å²) in [6.45, 7) is 3.36. The molecule has 2 aliphatic rings. The molecule has 0 aliphatic carbocycles. The number of aliphatic hydroxyl groups is 2. The highest BCUT2D eigenvalue weighted by Gasteiger charge is 2.23. The zero-order valence-corrected chi connectivity index (χ0v) is 27.9. The summed E-state index contributed by atoms with van der Waals surface area (Å²) in [6, 6.07) is 24.5. The Morgan fingerprint density at radius 1 is 0.604 bits per heavy atom. The van der Waals surface area contributed by atoms with Gasteiger partial charge in [-0.2, -0.15) is 0 Å². The summed E-state index contributed by atoms with van der Waals surface area (Å²) in [5.41, 5.74) is 10.0. The Bertz CT molecular complexity index is 1710. The maximum Gasteiger partial charge on any atom is 0.306 e. The van der Waals surface area contributed by atoms with Gasteiger partial charge in [-0.15, -0.1) is 0 Å². The zero-order valence-electron chi connectivity index (χ0n) is 26.4. The standard InChI is InChI=1S/C38H38Cl2N2O6/c39-37-31(25-9-7-23-11-13-41(19-27(23)15-25)21-29(43)17-35(45)46)3-1-5-33(37)34-6-2-4-32(38(34)40)26-10-8-24-12-14-42(20-28(24)16-26)22-30(44)18-36(47)48/h1-10,15-16,29-30,43-44H,11-14,17-22H2,(H,45,46)(H,47,48)/t29-,30-/m0/s1. The van der Waals surface area contributed by atoms with E-state index in [1.165, 1.54) is 11.1 Å². The van der Waals surface area contributed by atoms with Crippen LogP contribution in [-0.2, 0) is 35.5 Å². The van der Waals surface area contributed by atoms with Crippen LogP contribution in [0.5, 0.6) is 0 Å². The van der Waals surface area contributed by atoms with E-state index >= 15 is 0 Å². The number of benzene rings is 4. The predicted octanol–water partition coefficient (Wildman–Crippen LogP) is 6.38. The molecule has 10 heteroatoms. The molecule has 0 unspecified atom stereocenters. The first-order valence-electron chi connectivity index (χ1n) is 16.1. The van der Waals surface area contributed by atoms with Gasteiger partial charge in [0.25, 0.3) is 0 Å². The normalized spacial score (nSPS) is 16.2. The second-order valence-corrected chi connectivity index (χ2v) is 13.5. The molecular weight excluding hydrogens is 651 g/mol. The maximum atomic E-state index is 11.0. The molecule has 0 aromatic heterocycles. The fourth-order valence-corrected chi connectivity index (χ4v) is 7.61. The minimum Gasteiger partial charge on any atom is -0.481 e. The number of carboxylic acid groups (broad SMARTS) is 2. The van der Waals surface area contributed by atoms with Gasteiger partial charge in [0.05, 0.1) is 35.1 Å². The first-order valence-corrected chi connectivity index (χ1v) is 16.9. The number of carboxylic acids is 2. The molecule has 0 bridgehead atoms. The van der Waals surface area contributed by atoms with E-state index in [2.05, 4.69) is 46.2 Å². The molecule has 2 aliphatic heterocycles. The van der Waals surface area contributed by atoms with Crippen molar-refractivity contribution in [1.82, 2.24) is 9.80 Å². The van der Waals surface area contributed by atoms with E-state index in [0.717, 1.165) is 70.4 Å². The molecule has 2 atom stereocenters. The number of rotatable bonds is 11. The topological polar surface area (TPSA) is 122 Å². The van der Waals surface area contributed by atoms with Gasteiger partial charge >= 0.3 is 11.9 Å². The predicted molar refractivity (Wildman–Crippen MR) is 187 cm³/mol. The van der Waals surface area contributed by atoms with Crippen LogP contribution in [0.1, 0.15) is 35.1 Å². The first kappa shape index (κ1) is 34.1. The number of nitrogens with zero attached hydrogens (tertiary/aromatic N) is 2. The van der Waals surface area contributed by atoms with Crippen molar-refractivity contribution in [2.24, 2.45) is 0 Å². The highest BCUT2D eigenvalue weighted by atomic mass is 35.5. The summed E-state index contributed by atoms with van der Waals surface area (Å²) in [4.78, 5) is 26.2. The van der Waals surface area contributed by atoms with Crippen molar-refractivity contribution in [2.75, 3.05) is 26.2 Å². The summed E-state index contributed by atoms with van der Waals surface area (Å²) in [5, 5.41) is 39.6. The molecule has 8 nitrogen and oxygen atoms in total. The second kappa shape index (κ2) is 14.8. The number of carbonyl (C=O) groups is 2. The smallest absolute Gasteiger partial charge is 0.306 e. The molecule has 0 fully saturated rings. The van der Waals surface area contributed by atoms with Crippen LogP contribution in [0, 0.1) is 0 Å². The van der Waals surface area contributed by atoms with E-state index in [-0.39, 0.29) is 12.8 Å². The van der Waals surface area contributed by atoms with E-state index in [9.17, 15) is 19.8 Å². The molecule has 0 amide bonds. The number of hydrogen-bond acceptors (Lipinski definition) is 6. The molecule has 48 heavy (non-hydrogen) atoms. The lowest BCUT2D eigenvalue weighted by Gasteiger charge is -2.30. The highest BCUT2D eigenvalue weighted by Crippen LogP contribution is 2.43. The number of aliphatic hydroxyl groups excluding tert-OH is 2. The van der Waals surface area contributed by atoms with Crippen molar-refractivity contribution < 1.29 is 30.0 Å². The van der Waals surface area contributed by atoms with Gasteiger partial charge in [0.15, 0.2) is 0 Å². The van der Waals surface area contributed by atoms with Crippen LogP contribution in [0.4, 0.5) is 0 Å². The largest absolute Gasteiger partial charge is 0.481 e. The molecule has 4 aromatic rings. The number of hydrogen-bond donors (Lipinski definition) is 4. The van der Waals surface area contributed by atoms with Crippen molar-refractivity contribution in [2.45, 2.75) is 51.0 Å². The lowest BCUT2D eigenvalue weighted by molar-refractivity contribution is -0.140. The summed E-state index contributed by atoms with van der Waals surface area (Å²) in [7, 11) is 0. The Hall–Kier alpha value is -3.76. The van der Waals surface area contributed by atoms with Gasteiger partial charge in [-0.3, -0.25) is 19.4 Å². The van der Waals surface area contributed by atoms with Crippen molar-refractivity contribution in [3.63, 3.8) is 0 Å². The van der Waals surface area contributed by atoms with Crippen LogP contribution in [0.25, 0.3) is 33.4 Å². The van der Waals surface area contributed by atoms with E-state index in [0.29, 0.717) is 36.2 Å². The summed E-state index contributed by atoms with van der Waals surface area (Å²) in [6.07, 6.45) is -0.750. The molecular formula is C38H38Cl2N2O6. The van der Waals surface area contributed by atoms with Crippen LogP contribution in [0.2, 0.25) is 10.0 Å². The maximum absolute atomic E-state index is 11.0. The molecule has 4 aromatic carbocycles. The monoisotopic (exact) mass is 688 g/mol. The Morgan fingerprint density at radius 3 is 1.40 bits per heavy atom. The molecule has 6 rings (SSSR count). The average Bonchev–Trinajstić information content (AvgIpc) is 3.04. The number of halogens is 2. The third-order valence-corrected chi connectivity index (χ3v) is 10.1. The Balaban J connectivity index is 1.25. The minimum absolute atomic E-state index is 0.276. The second-order valence-electron chi connectivity index (χ2n) is 12.8. The molecule has 0 spiro atoms. The number of aliphatic carboxylic acids is 2. The Morgan fingerprint density at radius 2 is 1.00 bits per heavy atom. The summed E-state index contributed by atoms with van der Waals surface area (Å²) < 4.78 is 0. The third kappa shape index (κ3) is 7.76. The molecule has 0 radical (unpaired) electrons. The number of β-amino-alcohol motifs (C(OH)–C–C–N with tert-alkyl or cyclic N) is 2. The molecule has 2 heterocycles. The van der Waals surface area contributed by atoms with E-state index in [4.69, 9.17) is 33.4 Å².